The standard InChI is InChI=1S/C48H51N9O3/c1-28-31(4)52(7)43(49-28)34-13-19-40(20-14-34)55(10)46(58)37-25-38(47(59)56(11)41-21-15-35(16-22-41)44-50-29(2)32(5)53(44)8)27-39(26-37)48(60)57(12)42-23-17-36(18-24-42)45-51-30(3)33(6)54(45)9/h13-27H,1-12H3. The Bertz CT molecular complexity index is 2470. The van der Waals surface area contributed by atoms with Crippen molar-refractivity contribution in [2.75, 3.05) is 35.8 Å². The van der Waals surface area contributed by atoms with E-state index in [4.69, 9.17) is 15.0 Å². The Balaban J connectivity index is 1.21. The number of anilines is 3. The van der Waals surface area contributed by atoms with E-state index in [-0.39, 0.29) is 34.4 Å². The van der Waals surface area contributed by atoms with Gasteiger partial charge in [0.2, 0.25) is 0 Å². The van der Waals surface area contributed by atoms with Crippen LogP contribution >= 0.6 is 0 Å². The van der Waals surface area contributed by atoms with Gasteiger partial charge in [0, 0.05) is 110 Å². The van der Waals surface area contributed by atoms with Crippen LogP contribution in [0.3, 0.4) is 0 Å². The fourth-order valence-corrected chi connectivity index (χ4v) is 7.36. The molecule has 0 aliphatic heterocycles. The third-order valence-electron chi connectivity index (χ3n) is 12.0. The molecule has 12 heteroatoms. The summed E-state index contributed by atoms with van der Waals surface area (Å²) in [6.07, 6.45) is 0. The minimum Gasteiger partial charge on any atom is -0.331 e. The summed E-state index contributed by atoms with van der Waals surface area (Å²) < 4.78 is 6.13. The molecule has 0 saturated heterocycles. The first kappa shape index (κ1) is 41.1. The summed E-state index contributed by atoms with van der Waals surface area (Å²) in [5.41, 5.74) is 11.4. The van der Waals surface area contributed by atoms with E-state index in [9.17, 15) is 14.4 Å². The fraction of sp³-hybridized carbons (Fsp3) is 0.250. The number of aromatic nitrogens is 6. The van der Waals surface area contributed by atoms with Gasteiger partial charge in [-0.3, -0.25) is 14.4 Å². The van der Waals surface area contributed by atoms with Crippen LogP contribution in [0.25, 0.3) is 34.2 Å². The van der Waals surface area contributed by atoms with E-state index >= 15 is 0 Å². The molecule has 3 aromatic heterocycles. The molecule has 0 fully saturated rings. The second-order valence-electron chi connectivity index (χ2n) is 15.5. The van der Waals surface area contributed by atoms with Crippen LogP contribution in [-0.4, -0.2) is 67.5 Å². The molecule has 0 N–H and O–H groups in total. The van der Waals surface area contributed by atoms with Gasteiger partial charge in [-0.15, -0.1) is 0 Å². The number of amides is 3. The maximum atomic E-state index is 14.3. The van der Waals surface area contributed by atoms with Crippen molar-refractivity contribution in [2.45, 2.75) is 41.5 Å². The van der Waals surface area contributed by atoms with Crippen LogP contribution in [-0.2, 0) is 21.1 Å². The summed E-state index contributed by atoms with van der Waals surface area (Å²) in [4.78, 5) is 61.7. The van der Waals surface area contributed by atoms with Crippen molar-refractivity contribution in [3.05, 3.63) is 142 Å². The molecule has 4 aromatic carbocycles. The zero-order valence-electron chi connectivity index (χ0n) is 36.4. The maximum Gasteiger partial charge on any atom is 0.258 e. The van der Waals surface area contributed by atoms with E-state index in [0.717, 1.165) is 68.3 Å². The lowest BCUT2D eigenvalue weighted by atomic mass is 10.0. The van der Waals surface area contributed by atoms with Crippen molar-refractivity contribution in [3.8, 4) is 34.2 Å². The lowest BCUT2D eigenvalue weighted by Crippen LogP contribution is -2.31. The Morgan fingerprint density at radius 3 is 0.800 bits per heavy atom. The summed E-state index contributed by atoms with van der Waals surface area (Å²) in [6.45, 7) is 12.0. The summed E-state index contributed by atoms with van der Waals surface area (Å²) in [7, 11) is 11.0. The van der Waals surface area contributed by atoms with Gasteiger partial charge in [0.25, 0.3) is 17.7 Å². The molecule has 3 heterocycles. The van der Waals surface area contributed by atoms with Gasteiger partial charge < -0.3 is 28.4 Å². The third kappa shape index (κ3) is 7.40. The Kier molecular flexibility index (Phi) is 10.9. The normalized spacial score (nSPS) is 11.2. The van der Waals surface area contributed by atoms with E-state index in [1.54, 1.807) is 39.3 Å². The van der Waals surface area contributed by atoms with Crippen LogP contribution in [0.4, 0.5) is 17.1 Å². The van der Waals surface area contributed by atoms with Crippen molar-refractivity contribution in [1.29, 1.82) is 0 Å². The van der Waals surface area contributed by atoms with Gasteiger partial charge in [-0.2, -0.15) is 0 Å². The first-order chi connectivity index (χ1) is 28.5. The van der Waals surface area contributed by atoms with Crippen molar-refractivity contribution in [1.82, 2.24) is 28.7 Å². The highest BCUT2D eigenvalue weighted by Gasteiger charge is 2.24. The van der Waals surface area contributed by atoms with E-state index in [1.165, 1.54) is 14.7 Å². The third-order valence-corrected chi connectivity index (χ3v) is 12.0. The van der Waals surface area contributed by atoms with Crippen LogP contribution in [0.15, 0.2) is 91.0 Å². The Hall–Kier alpha value is -7.08. The first-order valence-electron chi connectivity index (χ1n) is 19.8. The minimum absolute atomic E-state index is 0.194. The van der Waals surface area contributed by atoms with Crippen molar-refractivity contribution in [2.24, 2.45) is 21.1 Å². The zero-order valence-corrected chi connectivity index (χ0v) is 36.4. The lowest BCUT2D eigenvalue weighted by Gasteiger charge is -2.22. The van der Waals surface area contributed by atoms with Gasteiger partial charge in [-0.25, -0.2) is 15.0 Å². The van der Waals surface area contributed by atoms with Crippen molar-refractivity contribution in [3.63, 3.8) is 0 Å². The first-order valence-corrected chi connectivity index (χ1v) is 19.8. The molecule has 7 aromatic rings. The molecular weight excluding hydrogens is 751 g/mol. The highest BCUT2D eigenvalue weighted by atomic mass is 16.2. The molecule has 12 nitrogen and oxygen atoms in total. The number of hydrogen-bond donors (Lipinski definition) is 0. The zero-order chi connectivity index (χ0) is 43.3. The van der Waals surface area contributed by atoms with E-state index in [0.29, 0.717) is 17.1 Å². The van der Waals surface area contributed by atoms with Gasteiger partial charge in [0.15, 0.2) is 0 Å². The van der Waals surface area contributed by atoms with E-state index in [1.807, 2.05) is 149 Å². The number of hydrogen-bond acceptors (Lipinski definition) is 6. The molecule has 0 radical (unpaired) electrons. The number of carbonyl (C=O) groups is 3. The van der Waals surface area contributed by atoms with Crippen LogP contribution in [0.5, 0.6) is 0 Å². The molecule has 7 rings (SSSR count). The molecular formula is C48H51N9O3. The number of rotatable bonds is 9. The Labute approximate surface area is 351 Å². The van der Waals surface area contributed by atoms with Gasteiger partial charge in [0.05, 0.1) is 17.1 Å². The average molecular weight is 802 g/mol. The average Bonchev–Trinajstić information content (AvgIpc) is 3.80. The summed E-state index contributed by atoms with van der Waals surface area (Å²) >= 11 is 0. The molecule has 306 valence electrons. The molecule has 60 heavy (non-hydrogen) atoms. The molecule has 0 saturated carbocycles. The fourth-order valence-electron chi connectivity index (χ4n) is 7.36. The van der Waals surface area contributed by atoms with Crippen LogP contribution in [0.2, 0.25) is 0 Å². The summed E-state index contributed by atoms with van der Waals surface area (Å²) in [6, 6.07) is 27.5. The SMILES string of the molecule is Cc1nc(-c2ccc(N(C)C(=O)c3cc(C(=O)N(C)c4ccc(-c5nc(C)c(C)n5C)cc4)cc(C(=O)N(C)c4ccc(-c5nc(C)c(C)n5C)cc4)c3)cc2)n(C)c1C. The second-order valence-corrected chi connectivity index (χ2v) is 15.5. The summed E-state index contributed by atoms with van der Waals surface area (Å²) in [5.74, 6) is 1.37. The number of aryl methyl sites for hydroxylation is 3. The largest absolute Gasteiger partial charge is 0.331 e. The van der Waals surface area contributed by atoms with Gasteiger partial charge in [-0.05, 0) is 133 Å². The van der Waals surface area contributed by atoms with Crippen LogP contribution in [0.1, 0.15) is 65.2 Å². The van der Waals surface area contributed by atoms with Gasteiger partial charge in [0.1, 0.15) is 17.5 Å². The number of imidazole rings is 3. The topological polar surface area (TPSA) is 114 Å². The second kappa shape index (κ2) is 15.9. The lowest BCUT2D eigenvalue weighted by molar-refractivity contribution is 0.0992. The summed E-state index contributed by atoms with van der Waals surface area (Å²) in [5, 5.41) is 0. The van der Waals surface area contributed by atoms with E-state index in [2.05, 4.69) is 0 Å². The van der Waals surface area contributed by atoms with E-state index < -0.39 is 0 Å². The number of benzene rings is 4. The molecule has 0 bridgehead atoms. The monoisotopic (exact) mass is 801 g/mol. The molecule has 0 spiro atoms. The molecule has 0 aliphatic carbocycles. The smallest absolute Gasteiger partial charge is 0.258 e. The molecule has 0 unspecified atom stereocenters. The minimum atomic E-state index is -0.379. The molecule has 3 amide bonds. The van der Waals surface area contributed by atoms with Gasteiger partial charge in [-0.1, -0.05) is 0 Å². The highest BCUT2D eigenvalue weighted by molar-refractivity contribution is 6.14. The van der Waals surface area contributed by atoms with Crippen molar-refractivity contribution < 1.29 is 14.4 Å². The molecule has 0 atom stereocenters. The van der Waals surface area contributed by atoms with Gasteiger partial charge >= 0.3 is 0 Å². The quantitative estimate of drug-likeness (QED) is 0.145. The Morgan fingerprint density at radius 2 is 0.617 bits per heavy atom. The van der Waals surface area contributed by atoms with Crippen LogP contribution in [0, 0.1) is 41.5 Å². The number of nitrogens with zero attached hydrogens (tertiary/aromatic N) is 9. The Morgan fingerprint density at radius 1 is 0.400 bits per heavy atom. The van der Waals surface area contributed by atoms with Crippen molar-refractivity contribution >= 4 is 34.8 Å². The molecule has 0 aliphatic rings. The predicted octanol–water partition coefficient (Wildman–Crippen LogP) is 8.57. The highest BCUT2D eigenvalue weighted by Crippen LogP contribution is 2.29. The number of carbonyl (C=O) groups excluding carboxylic acids is 3. The predicted molar refractivity (Wildman–Crippen MR) is 239 cm³/mol. The van der Waals surface area contributed by atoms with Crippen LogP contribution < -0.4 is 14.7 Å². The maximum absolute atomic E-state index is 14.3.